The van der Waals surface area contributed by atoms with Crippen molar-refractivity contribution in [2.45, 2.75) is 33.6 Å². The molecule has 2 heterocycles. The molecule has 7 nitrogen and oxygen atoms in total. The summed E-state index contributed by atoms with van der Waals surface area (Å²) in [5.41, 5.74) is 4.60. The summed E-state index contributed by atoms with van der Waals surface area (Å²) in [5.74, 6) is 0.148. The van der Waals surface area contributed by atoms with Gasteiger partial charge >= 0.3 is 0 Å². The van der Waals surface area contributed by atoms with Crippen LogP contribution in [0.15, 0.2) is 22.7 Å². The summed E-state index contributed by atoms with van der Waals surface area (Å²) in [5, 5.41) is 6.88. The van der Waals surface area contributed by atoms with Crippen molar-refractivity contribution in [1.82, 2.24) is 15.4 Å². The molecule has 156 valence electrons. The molecule has 29 heavy (non-hydrogen) atoms. The predicted molar refractivity (Wildman–Crippen MR) is 110 cm³/mol. The Bertz CT molecular complexity index is 867. The van der Waals surface area contributed by atoms with E-state index in [1.165, 1.54) is 5.56 Å². The highest BCUT2D eigenvalue weighted by molar-refractivity contribution is 5.94. The van der Waals surface area contributed by atoms with Crippen LogP contribution in [0.1, 0.15) is 40.0 Å². The molecule has 2 aromatic rings. The third kappa shape index (κ3) is 4.85. The Labute approximate surface area is 171 Å². The zero-order valence-electron chi connectivity index (χ0n) is 17.6. The van der Waals surface area contributed by atoms with Crippen molar-refractivity contribution in [3.63, 3.8) is 0 Å². The lowest BCUT2D eigenvalue weighted by molar-refractivity contribution is -0.126. The number of ether oxygens (including phenoxy) is 1. The Morgan fingerprint density at radius 2 is 1.97 bits per heavy atom. The van der Waals surface area contributed by atoms with Crippen LogP contribution in [0, 0.1) is 26.7 Å². The summed E-state index contributed by atoms with van der Waals surface area (Å²) < 4.78 is 10.5. The number of hydrogen-bond acceptors (Lipinski definition) is 5. The van der Waals surface area contributed by atoms with Gasteiger partial charge in [-0.25, -0.2) is 0 Å². The zero-order chi connectivity index (χ0) is 21.0. The van der Waals surface area contributed by atoms with Crippen molar-refractivity contribution in [2.75, 3.05) is 33.4 Å². The molecule has 1 saturated heterocycles. The number of piperidine rings is 1. The molecule has 1 atom stereocenters. The van der Waals surface area contributed by atoms with E-state index >= 15 is 0 Å². The van der Waals surface area contributed by atoms with Crippen molar-refractivity contribution < 1.29 is 18.8 Å². The smallest absolute Gasteiger partial charge is 0.276 e. The average molecular weight is 399 g/mol. The van der Waals surface area contributed by atoms with Gasteiger partial charge in [0.2, 0.25) is 5.91 Å². The number of aromatic nitrogens is 1. The van der Waals surface area contributed by atoms with E-state index in [0.717, 1.165) is 29.5 Å². The fourth-order valence-corrected chi connectivity index (χ4v) is 4.02. The third-order valence-electron chi connectivity index (χ3n) is 5.34. The van der Waals surface area contributed by atoms with Crippen LogP contribution in [-0.4, -0.2) is 55.2 Å². The van der Waals surface area contributed by atoms with Gasteiger partial charge in [-0.3, -0.25) is 9.59 Å². The van der Waals surface area contributed by atoms with Crippen LogP contribution in [0.4, 0.5) is 0 Å². The number of nitrogens with one attached hydrogen (secondary N) is 1. The highest BCUT2D eigenvalue weighted by Gasteiger charge is 2.30. The summed E-state index contributed by atoms with van der Waals surface area (Å²) in [6.07, 6.45) is 1.56. The lowest BCUT2D eigenvalue weighted by atomic mass is 9.96. The van der Waals surface area contributed by atoms with E-state index < -0.39 is 0 Å². The van der Waals surface area contributed by atoms with Crippen molar-refractivity contribution in [2.24, 2.45) is 5.92 Å². The Morgan fingerprint density at radius 3 is 2.66 bits per heavy atom. The number of carbonyl (C=O) groups is 2. The quantitative estimate of drug-likeness (QED) is 0.755. The monoisotopic (exact) mass is 399 g/mol. The molecule has 1 aliphatic heterocycles. The summed E-state index contributed by atoms with van der Waals surface area (Å²) in [6, 6.07) is 5.88. The second kappa shape index (κ2) is 9.22. The van der Waals surface area contributed by atoms with Gasteiger partial charge in [0.15, 0.2) is 11.5 Å². The maximum Gasteiger partial charge on any atom is 0.276 e. The summed E-state index contributed by atoms with van der Waals surface area (Å²) in [6.45, 7) is 8.06. The normalized spacial score (nSPS) is 16.7. The average Bonchev–Trinajstić information content (AvgIpc) is 3.16. The van der Waals surface area contributed by atoms with Crippen LogP contribution in [0.2, 0.25) is 0 Å². The minimum Gasteiger partial charge on any atom is -0.383 e. The van der Waals surface area contributed by atoms with Gasteiger partial charge in [0.05, 0.1) is 12.5 Å². The van der Waals surface area contributed by atoms with Gasteiger partial charge in [0.25, 0.3) is 5.91 Å². The maximum absolute atomic E-state index is 12.9. The standard InChI is InChI=1S/C22H29N3O4/c1-14-10-15(2)20(16(3)11-14)19-12-18(24-29-19)22(27)25-8-5-6-17(13-25)21(26)23-7-9-28-4/h10-12,17H,5-9,13H2,1-4H3,(H,23,26)/t17-/m0/s1. The van der Waals surface area contributed by atoms with E-state index in [2.05, 4.69) is 29.5 Å². The molecule has 1 aliphatic rings. The van der Waals surface area contributed by atoms with Gasteiger partial charge in [0, 0.05) is 38.4 Å². The molecule has 1 fully saturated rings. The summed E-state index contributed by atoms with van der Waals surface area (Å²) >= 11 is 0. The van der Waals surface area contributed by atoms with Crippen LogP contribution < -0.4 is 5.32 Å². The number of carbonyl (C=O) groups excluding carboxylic acids is 2. The van der Waals surface area contributed by atoms with Gasteiger partial charge in [-0.05, 0) is 44.7 Å². The molecular formula is C22H29N3O4. The minimum absolute atomic E-state index is 0.0358. The zero-order valence-corrected chi connectivity index (χ0v) is 17.6. The lowest BCUT2D eigenvalue weighted by Gasteiger charge is -2.31. The number of rotatable bonds is 6. The van der Waals surface area contributed by atoms with Crippen LogP contribution in [-0.2, 0) is 9.53 Å². The molecule has 1 N–H and O–H groups in total. The van der Waals surface area contributed by atoms with Crippen molar-refractivity contribution in [3.05, 3.63) is 40.6 Å². The molecular weight excluding hydrogens is 370 g/mol. The van der Waals surface area contributed by atoms with E-state index in [-0.39, 0.29) is 23.4 Å². The Kier molecular flexibility index (Phi) is 6.69. The summed E-state index contributed by atoms with van der Waals surface area (Å²) in [4.78, 5) is 27.0. The van der Waals surface area contributed by atoms with E-state index in [0.29, 0.717) is 32.0 Å². The van der Waals surface area contributed by atoms with Gasteiger partial charge in [-0.2, -0.15) is 0 Å². The fraction of sp³-hybridized carbons (Fsp3) is 0.500. The first kappa shape index (κ1) is 21.0. The molecule has 1 aromatic heterocycles. The number of aryl methyl sites for hydroxylation is 3. The fourth-order valence-electron chi connectivity index (χ4n) is 4.02. The molecule has 7 heteroatoms. The first-order valence-corrected chi connectivity index (χ1v) is 10.0. The van der Waals surface area contributed by atoms with Crippen LogP contribution in [0.25, 0.3) is 11.3 Å². The third-order valence-corrected chi connectivity index (χ3v) is 5.34. The highest BCUT2D eigenvalue weighted by atomic mass is 16.5. The second-order valence-electron chi connectivity index (χ2n) is 7.72. The van der Waals surface area contributed by atoms with Crippen LogP contribution in [0.5, 0.6) is 0 Å². The van der Waals surface area contributed by atoms with Gasteiger partial charge < -0.3 is 19.5 Å². The SMILES string of the molecule is COCCNC(=O)[C@H]1CCCN(C(=O)c2cc(-c3c(C)cc(C)cc3C)on2)C1. The topological polar surface area (TPSA) is 84.7 Å². The molecule has 0 unspecified atom stereocenters. The first-order chi connectivity index (χ1) is 13.9. The second-order valence-corrected chi connectivity index (χ2v) is 7.72. The molecule has 1 aromatic carbocycles. The Hall–Kier alpha value is -2.67. The molecule has 0 bridgehead atoms. The maximum atomic E-state index is 12.9. The number of nitrogens with zero attached hydrogens (tertiary/aromatic N) is 2. The Morgan fingerprint density at radius 1 is 1.24 bits per heavy atom. The highest BCUT2D eigenvalue weighted by Crippen LogP contribution is 2.29. The summed E-state index contributed by atoms with van der Waals surface area (Å²) in [7, 11) is 1.60. The van der Waals surface area contributed by atoms with Gasteiger partial charge in [-0.15, -0.1) is 0 Å². The van der Waals surface area contributed by atoms with E-state index in [9.17, 15) is 9.59 Å². The largest absolute Gasteiger partial charge is 0.383 e. The van der Waals surface area contributed by atoms with Crippen molar-refractivity contribution in [1.29, 1.82) is 0 Å². The molecule has 0 radical (unpaired) electrons. The molecule has 2 amide bonds. The van der Waals surface area contributed by atoms with Crippen molar-refractivity contribution in [3.8, 4) is 11.3 Å². The molecule has 0 spiro atoms. The number of likely N-dealkylation sites (tertiary alicyclic amines) is 1. The van der Waals surface area contributed by atoms with Crippen LogP contribution >= 0.6 is 0 Å². The number of methoxy groups -OCH3 is 1. The van der Waals surface area contributed by atoms with Crippen LogP contribution in [0.3, 0.4) is 0 Å². The van der Waals surface area contributed by atoms with Gasteiger partial charge in [-0.1, -0.05) is 22.9 Å². The molecule has 3 rings (SSSR count). The van der Waals surface area contributed by atoms with Gasteiger partial charge in [0.1, 0.15) is 0 Å². The number of benzene rings is 1. The Balaban J connectivity index is 1.71. The van der Waals surface area contributed by atoms with E-state index in [4.69, 9.17) is 9.26 Å². The van der Waals surface area contributed by atoms with Crippen molar-refractivity contribution >= 4 is 11.8 Å². The first-order valence-electron chi connectivity index (χ1n) is 10.0. The minimum atomic E-state index is -0.211. The predicted octanol–water partition coefficient (Wildman–Crippen LogP) is 2.88. The van der Waals surface area contributed by atoms with E-state index in [1.807, 2.05) is 13.8 Å². The molecule has 0 saturated carbocycles. The molecule has 0 aliphatic carbocycles. The lowest BCUT2D eigenvalue weighted by Crippen LogP contribution is -2.46. The van der Waals surface area contributed by atoms with E-state index in [1.54, 1.807) is 18.1 Å². The number of amides is 2. The number of hydrogen-bond donors (Lipinski definition) is 1.